The van der Waals surface area contributed by atoms with Crippen LogP contribution in [0.1, 0.15) is 12.8 Å². The molecule has 0 atom stereocenters. The molecular formula is C6H7F3O4S. The summed E-state index contributed by atoms with van der Waals surface area (Å²) >= 11 is 0. The quantitative estimate of drug-likeness (QED) is 0.763. The predicted octanol–water partition coefficient (Wildman–Crippen LogP) is 0.784. The SMILES string of the molecule is O=C(O)C1CC(S(=O)(=O)C(F)(F)F)C1. The molecule has 0 heterocycles. The molecule has 4 nitrogen and oxygen atoms in total. The maximum absolute atomic E-state index is 11.9. The summed E-state index contributed by atoms with van der Waals surface area (Å²) in [6, 6.07) is 0. The van der Waals surface area contributed by atoms with E-state index in [-0.39, 0.29) is 0 Å². The van der Waals surface area contributed by atoms with E-state index in [1.807, 2.05) is 0 Å². The van der Waals surface area contributed by atoms with E-state index < -0.39 is 45.3 Å². The molecule has 82 valence electrons. The second-order valence-corrected chi connectivity index (χ2v) is 5.34. The molecule has 0 spiro atoms. The van der Waals surface area contributed by atoms with Gasteiger partial charge in [0.1, 0.15) is 0 Å². The minimum Gasteiger partial charge on any atom is -0.481 e. The molecule has 0 bridgehead atoms. The van der Waals surface area contributed by atoms with Gasteiger partial charge in [-0.15, -0.1) is 0 Å². The van der Waals surface area contributed by atoms with Crippen LogP contribution < -0.4 is 0 Å². The van der Waals surface area contributed by atoms with Gasteiger partial charge in [-0.05, 0) is 12.8 Å². The predicted molar refractivity (Wildman–Crippen MR) is 39.1 cm³/mol. The highest BCUT2D eigenvalue weighted by molar-refractivity contribution is 7.92. The summed E-state index contributed by atoms with van der Waals surface area (Å²) in [7, 11) is -5.17. The highest BCUT2D eigenvalue weighted by atomic mass is 32.2. The molecule has 1 N–H and O–H groups in total. The van der Waals surface area contributed by atoms with Gasteiger partial charge in [0, 0.05) is 0 Å². The molecule has 0 amide bonds. The second kappa shape index (κ2) is 3.11. The summed E-state index contributed by atoms with van der Waals surface area (Å²) in [4.78, 5) is 10.2. The molecule has 8 heteroatoms. The number of hydrogen-bond acceptors (Lipinski definition) is 3. The lowest BCUT2D eigenvalue weighted by atomic mass is 9.85. The van der Waals surface area contributed by atoms with Crippen molar-refractivity contribution in [2.45, 2.75) is 23.6 Å². The van der Waals surface area contributed by atoms with E-state index in [4.69, 9.17) is 5.11 Å². The van der Waals surface area contributed by atoms with Crippen molar-refractivity contribution in [3.63, 3.8) is 0 Å². The Kier molecular flexibility index (Phi) is 2.51. The molecule has 0 unspecified atom stereocenters. The summed E-state index contributed by atoms with van der Waals surface area (Å²) in [6.45, 7) is 0. The van der Waals surface area contributed by atoms with Crippen molar-refractivity contribution in [2.24, 2.45) is 5.92 Å². The number of sulfone groups is 1. The lowest BCUT2D eigenvalue weighted by Gasteiger charge is -2.31. The van der Waals surface area contributed by atoms with Crippen LogP contribution in [0.2, 0.25) is 0 Å². The van der Waals surface area contributed by atoms with Crippen molar-refractivity contribution in [3.8, 4) is 0 Å². The Morgan fingerprint density at radius 2 is 1.71 bits per heavy atom. The first-order chi connectivity index (χ1) is 6.16. The zero-order valence-electron chi connectivity index (χ0n) is 6.78. The van der Waals surface area contributed by atoms with E-state index >= 15 is 0 Å². The molecule has 0 radical (unpaired) electrons. The Morgan fingerprint density at radius 1 is 1.29 bits per heavy atom. The van der Waals surface area contributed by atoms with Gasteiger partial charge in [0.15, 0.2) is 0 Å². The largest absolute Gasteiger partial charge is 0.497 e. The number of carboxylic acid groups (broad SMARTS) is 1. The third-order valence-corrected chi connectivity index (χ3v) is 4.11. The molecule has 0 saturated heterocycles. The van der Waals surface area contributed by atoms with Crippen LogP contribution in [-0.2, 0) is 14.6 Å². The Balaban J connectivity index is 2.69. The monoisotopic (exact) mass is 232 g/mol. The fraction of sp³-hybridized carbons (Fsp3) is 0.833. The van der Waals surface area contributed by atoms with E-state index in [0.717, 1.165) is 0 Å². The lowest BCUT2D eigenvalue weighted by Crippen LogP contribution is -2.45. The Labute approximate surface area is 77.6 Å². The standard InChI is InChI=1S/C6H7F3O4S/c7-6(8,9)14(12,13)4-1-3(2-4)5(10)11/h3-4H,1-2H2,(H,10,11). The number of hydrogen-bond donors (Lipinski definition) is 1. The van der Waals surface area contributed by atoms with E-state index in [1.54, 1.807) is 0 Å². The highest BCUT2D eigenvalue weighted by Crippen LogP contribution is 2.39. The molecule has 1 rings (SSSR count). The lowest BCUT2D eigenvalue weighted by molar-refractivity contribution is -0.144. The van der Waals surface area contributed by atoms with Gasteiger partial charge in [-0.3, -0.25) is 4.79 Å². The van der Waals surface area contributed by atoms with Crippen molar-refractivity contribution in [2.75, 3.05) is 0 Å². The van der Waals surface area contributed by atoms with Crippen LogP contribution in [0.25, 0.3) is 0 Å². The van der Waals surface area contributed by atoms with Crippen LogP contribution in [0.3, 0.4) is 0 Å². The van der Waals surface area contributed by atoms with Gasteiger partial charge in [0.05, 0.1) is 11.2 Å². The van der Waals surface area contributed by atoms with Gasteiger partial charge in [-0.25, -0.2) is 8.42 Å². The normalized spacial score (nSPS) is 28.2. The van der Waals surface area contributed by atoms with Gasteiger partial charge >= 0.3 is 11.5 Å². The molecular weight excluding hydrogens is 225 g/mol. The number of aliphatic carboxylic acids is 1. The van der Waals surface area contributed by atoms with Crippen LogP contribution in [-0.4, -0.2) is 30.3 Å². The number of alkyl halides is 3. The molecule has 0 aromatic heterocycles. The minimum absolute atomic E-state index is 0.447. The fourth-order valence-corrected chi connectivity index (χ4v) is 2.56. The number of rotatable bonds is 2. The molecule has 0 aliphatic heterocycles. The molecule has 1 aliphatic rings. The molecule has 1 saturated carbocycles. The van der Waals surface area contributed by atoms with E-state index in [1.165, 1.54) is 0 Å². The van der Waals surface area contributed by atoms with E-state index in [2.05, 4.69) is 0 Å². The minimum atomic E-state index is -5.28. The number of carboxylic acids is 1. The van der Waals surface area contributed by atoms with Crippen molar-refractivity contribution >= 4 is 15.8 Å². The van der Waals surface area contributed by atoms with Crippen LogP contribution in [0.5, 0.6) is 0 Å². The molecule has 0 aromatic rings. The van der Waals surface area contributed by atoms with Crippen molar-refractivity contribution in [1.29, 1.82) is 0 Å². The summed E-state index contributed by atoms with van der Waals surface area (Å²) < 4.78 is 57.1. The van der Waals surface area contributed by atoms with E-state index in [0.29, 0.717) is 0 Å². The second-order valence-electron chi connectivity index (χ2n) is 3.12. The van der Waals surface area contributed by atoms with E-state index in [9.17, 15) is 26.4 Å². The maximum Gasteiger partial charge on any atom is 0.497 e. The first-order valence-corrected chi connectivity index (χ1v) is 5.24. The van der Waals surface area contributed by atoms with Gasteiger partial charge in [-0.1, -0.05) is 0 Å². The summed E-state index contributed by atoms with van der Waals surface area (Å²) in [5, 5.41) is 6.76. The Bertz CT molecular complexity index is 339. The van der Waals surface area contributed by atoms with Crippen molar-refractivity contribution in [1.82, 2.24) is 0 Å². The first kappa shape index (κ1) is 11.3. The van der Waals surface area contributed by atoms with Crippen LogP contribution in [0.15, 0.2) is 0 Å². The maximum atomic E-state index is 11.9. The number of carbonyl (C=O) groups is 1. The average molecular weight is 232 g/mol. The van der Waals surface area contributed by atoms with Gasteiger partial charge in [-0.2, -0.15) is 13.2 Å². The summed E-state index contributed by atoms with van der Waals surface area (Å²) in [5.74, 6) is -2.21. The summed E-state index contributed by atoms with van der Waals surface area (Å²) in [6.07, 6.45) is -0.894. The zero-order chi connectivity index (χ0) is 11.1. The van der Waals surface area contributed by atoms with Gasteiger partial charge < -0.3 is 5.11 Å². The topological polar surface area (TPSA) is 71.4 Å². The summed E-state index contributed by atoms with van der Waals surface area (Å²) in [5.41, 5.74) is -5.28. The van der Waals surface area contributed by atoms with Crippen LogP contribution in [0.4, 0.5) is 13.2 Å². The molecule has 1 aliphatic carbocycles. The van der Waals surface area contributed by atoms with Crippen LogP contribution in [0, 0.1) is 5.92 Å². The van der Waals surface area contributed by atoms with Crippen LogP contribution >= 0.6 is 0 Å². The average Bonchev–Trinajstić information content (AvgIpc) is 1.77. The Hall–Kier alpha value is -0.790. The first-order valence-electron chi connectivity index (χ1n) is 3.69. The highest BCUT2D eigenvalue weighted by Gasteiger charge is 2.55. The molecule has 1 fully saturated rings. The molecule has 14 heavy (non-hydrogen) atoms. The fourth-order valence-electron chi connectivity index (χ4n) is 1.21. The van der Waals surface area contributed by atoms with Crippen molar-refractivity contribution < 1.29 is 31.5 Å². The molecule has 0 aromatic carbocycles. The van der Waals surface area contributed by atoms with Gasteiger partial charge in [0.25, 0.3) is 9.84 Å². The van der Waals surface area contributed by atoms with Gasteiger partial charge in [0.2, 0.25) is 0 Å². The van der Waals surface area contributed by atoms with Crippen molar-refractivity contribution in [3.05, 3.63) is 0 Å². The third kappa shape index (κ3) is 1.70. The zero-order valence-corrected chi connectivity index (χ0v) is 7.60. The number of halogens is 3. The smallest absolute Gasteiger partial charge is 0.481 e. The third-order valence-electron chi connectivity index (χ3n) is 2.21. The Morgan fingerprint density at radius 3 is 2.00 bits per heavy atom.